The Morgan fingerprint density at radius 1 is 1.11 bits per heavy atom. The molecule has 1 aromatic carbocycles. The molecule has 0 aliphatic carbocycles. The zero-order valence-corrected chi connectivity index (χ0v) is 14.9. The summed E-state index contributed by atoms with van der Waals surface area (Å²) < 4.78 is 7.21. The van der Waals surface area contributed by atoms with Gasteiger partial charge in [0.15, 0.2) is 11.5 Å². The predicted molar refractivity (Wildman–Crippen MR) is 105 cm³/mol. The number of aryl methyl sites for hydroxylation is 1. The monoisotopic (exact) mass is 358 g/mol. The molecule has 6 nitrogen and oxygen atoms in total. The van der Waals surface area contributed by atoms with E-state index < -0.39 is 0 Å². The van der Waals surface area contributed by atoms with Gasteiger partial charge in [-0.2, -0.15) is 0 Å². The molecule has 1 aliphatic rings. The van der Waals surface area contributed by atoms with Crippen LogP contribution in [0.4, 0.5) is 0 Å². The van der Waals surface area contributed by atoms with Crippen LogP contribution in [0, 0.1) is 6.92 Å². The minimum Gasteiger partial charge on any atom is -0.441 e. The van der Waals surface area contributed by atoms with E-state index >= 15 is 0 Å². The number of fused-ring (bicyclic) bond motifs is 2. The summed E-state index contributed by atoms with van der Waals surface area (Å²) in [6, 6.07) is 11.2. The van der Waals surface area contributed by atoms with E-state index in [4.69, 9.17) is 4.42 Å². The standard InChI is InChI=1S/C21H18N4O2/c1-13-23-17-4-2-15(10-19(17)27-13)18-11-21(26)25-12-16(3-5-20(25)24-18)14-6-8-22-9-7-14/h2-6,10-12,22H,7-9H2,1H3. The maximum absolute atomic E-state index is 12.7. The lowest BCUT2D eigenvalue weighted by Gasteiger charge is -2.15. The van der Waals surface area contributed by atoms with Crippen molar-refractivity contribution in [1.82, 2.24) is 19.7 Å². The molecule has 27 heavy (non-hydrogen) atoms. The molecule has 4 aromatic rings. The lowest BCUT2D eigenvalue weighted by Crippen LogP contribution is -2.20. The minimum absolute atomic E-state index is 0.0970. The molecule has 5 rings (SSSR count). The second kappa shape index (κ2) is 6.17. The van der Waals surface area contributed by atoms with Crippen LogP contribution in [0.3, 0.4) is 0 Å². The van der Waals surface area contributed by atoms with E-state index in [0.717, 1.165) is 36.2 Å². The number of hydrogen-bond acceptors (Lipinski definition) is 5. The summed E-state index contributed by atoms with van der Waals surface area (Å²) in [7, 11) is 0. The summed E-state index contributed by atoms with van der Waals surface area (Å²) >= 11 is 0. The predicted octanol–water partition coefficient (Wildman–Crippen LogP) is 3.19. The third-order valence-corrected chi connectivity index (χ3v) is 4.89. The molecule has 0 spiro atoms. The maximum atomic E-state index is 12.7. The molecular formula is C21H18N4O2. The van der Waals surface area contributed by atoms with Crippen LogP contribution < -0.4 is 10.9 Å². The zero-order chi connectivity index (χ0) is 18.4. The van der Waals surface area contributed by atoms with Crippen LogP contribution in [0.25, 0.3) is 33.6 Å². The fourth-order valence-electron chi connectivity index (χ4n) is 3.52. The summed E-state index contributed by atoms with van der Waals surface area (Å²) in [5, 5.41) is 3.30. The Kier molecular flexibility index (Phi) is 3.65. The highest BCUT2D eigenvalue weighted by molar-refractivity contribution is 5.79. The van der Waals surface area contributed by atoms with Gasteiger partial charge in [-0.05, 0) is 48.4 Å². The number of pyridine rings is 1. The SMILES string of the molecule is Cc1nc2ccc(-c3cc(=O)n4cc(C5=CCNCC5)ccc4n3)cc2o1. The van der Waals surface area contributed by atoms with E-state index in [1.807, 2.05) is 43.5 Å². The van der Waals surface area contributed by atoms with Gasteiger partial charge < -0.3 is 9.73 Å². The van der Waals surface area contributed by atoms with Gasteiger partial charge in [0.1, 0.15) is 11.2 Å². The van der Waals surface area contributed by atoms with Crippen LogP contribution >= 0.6 is 0 Å². The number of hydrogen-bond donors (Lipinski definition) is 1. The van der Waals surface area contributed by atoms with Gasteiger partial charge in [0.2, 0.25) is 0 Å². The van der Waals surface area contributed by atoms with Gasteiger partial charge >= 0.3 is 0 Å². The van der Waals surface area contributed by atoms with E-state index in [1.54, 1.807) is 10.5 Å². The van der Waals surface area contributed by atoms with Crippen molar-refractivity contribution in [2.24, 2.45) is 0 Å². The second-order valence-corrected chi connectivity index (χ2v) is 6.72. The van der Waals surface area contributed by atoms with Crippen LogP contribution in [0.15, 0.2) is 57.9 Å². The van der Waals surface area contributed by atoms with Crippen molar-refractivity contribution in [3.63, 3.8) is 0 Å². The average Bonchev–Trinajstić information content (AvgIpc) is 3.07. The number of aromatic nitrogens is 3. The van der Waals surface area contributed by atoms with Crippen molar-refractivity contribution in [3.8, 4) is 11.3 Å². The van der Waals surface area contributed by atoms with Gasteiger partial charge in [0.25, 0.3) is 5.56 Å². The summed E-state index contributed by atoms with van der Waals surface area (Å²) in [5.74, 6) is 0.619. The molecule has 0 bridgehead atoms. The minimum atomic E-state index is -0.0970. The molecule has 0 radical (unpaired) electrons. The Labute approximate surface area is 155 Å². The first-order valence-electron chi connectivity index (χ1n) is 8.98. The Morgan fingerprint density at radius 3 is 2.85 bits per heavy atom. The van der Waals surface area contributed by atoms with Crippen LogP contribution in [-0.2, 0) is 0 Å². The molecule has 3 aromatic heterocycles. The van der Waals surface area contributed by atoms with Crippen molar-refractivity contribution < 1.29 is 4.42 Å². The molecule has 1 N–H and O–H groups in total. The number of nitrogens with zero attached hydrogens (tertiary/aromatic N) is 3. The van der Waals surface area contributed by atoms with Crippen molar-refractivity contribution in [2.75, 3.05) is 13.1 Å². The van der Waals surface area contributed by atoms with Crippen molar-refractivity contribution in [2.45, 2.75) is 13.3 Å². The first-order valence-corrected chi connectivity index (χ1v) is 8.98. The lowest BCUT2D eigenvalue weighted by atomic mass is 10.0. The van der Waals surface area contributed by atoms with E-state index in [2.05, 4.69) is 21.4 Å². The van der Waals surface area contributed by atoms with Gasteiger partial charge in [-0.25, -0.2) is 9.97 Å². The first kappa shape index (κ1) is 16.0. The van der Waals surface area contributed by atoms with Crippen molar-refractivity contribution in [1.29, 1.82) is 0 Å². The van der Waals surface area contributed by atoms with E-state index in [-0.39, 0.29) is 5.56 Å². The first-order chi connectivity index (χ1) is 13.2. The van der Waals surface area contributed by atoms with Crippen molar-refractivity contribution in [3.05, 3.63) is 70.5 Å². The number of rotatable bonds is 2. The molecule has 1 aliphatic heterocycles. The Hall–Kier alpha value is -3.25. The second-order valence-electron chi connectivity index (χ2n) is 6.72. The number of oxazole rings is 1. The van der Waals surface area contributed by atoms with Gasteiger partial charge in [-0.3, -0.25) is 9.20 Å². The highest BCUT2D eigenvalue weighted by Crippen LogP contribution is 2.24. The normalized spacial score (nSPS) is 14.6. The molecular weight excluding hydrogens is 340 g/mol. The summed E-state index contributed by atoms with van der Waals surface area (Å²) in [6.07, 6.45) is 5.02. The molecule has 0 unspecified atom stereocenters. The maximum Gasteiger partial charge on any atom is 0.258 e. The molecule has 0 saturated heterocycles. The van der Waals surface area contributed by atoms with Crippen LogP contribution in [-0.4, -0.2) is 27.5 Å². The summed E-state index contributed by atoms with van der Waals surface area (Å²) in [5.41, 5.74) is 5.82. The fourth-order valence-corrected chi connectivity index (χ4v) is 3.52. The quantitative estimate of drug-likeness (QED) is 0.596. The Bertz CT molecular complexity index is 1270. The third kappa shape index (κ3) is 2.84. The highest BCUT2D eigenvalue weighted by atomic mass is 16.3. The van der Waals surface area contributed by atoms with E-state index in [1.165, 1.54) is 5.57 Å². The molecule has 6 heteroatoms. The average molecular weight is 358 g/mol. The molecule has 134 valence electrons. The lowest BCUT2D eigenvalue weighted by molar-refractivity contribution is 0.561. The largest absolute Gasteiger partial charge is 0.441 e. The number of nitrogens with one attached hydrogen (secondary N) is 1. The molecule has 0 amide bonds. The Balaban J connectivity index is 1.61. The molecule has 0 fully saturated rings. The summed E-state index contributed by atoms with van der Waals surface area (Å²) in [6.45, 7) is 3.64. The van der Waals surface area contributed by atoms with Gasteiger partial charge in [-0.15, -0.1) is 0 Å². The van der Waals surface area contributed by atoms with Gasteiger partial charge in [0, 0.05) is 31.3 Å². The highest BCUT2D eigenvalue weighted by Gasteiger charge is 2.11. The molecule has 4 heterocycles. The third-order valence-electron chi connectivity index (χ3n) is 4.89. The van der Waals surface area contributed by atoms with Gasteiger partial charge in [0.05, 0.1) is 5.69 Å². The fraction of sp³-hybridized carbons (Fsp3) is 0.190. The molecule has 0 atom stereocenters. The smallest absolute Gasteiger partial charge is 0.258 e. The summed E-state index contributed by atoms with van der Waals surface area (Å²) in [4.78, 5) is 21.7. The van der Waals surface area contributed by atoms with Crippen molar-refractivity contribution >= 4 is 22.3 Å². The number of benzene rings is 1. The van der Waals surface area contributed by atoms with E-state index in [0.29, 0.717) is 22.8 Å². The topological polar surface area (TPSA) is 72.4 Å². The van der Waals surface area contributed by atoms with Crippen LogP contribution in [0.1, 0.15) is 17.9 Å². The molecule has 0 saturated carbocycles. The van der Waals surface area contributed by atoms with Gasteiger partial charge in [-0.1, -0.05) is 12.1 Å². The van der Waals surface area contributed by atoms with Crippen LogP contribution in [0.2, 0.25) is 0 Å². The Morgan fingerprint density at radius 2 is 2.00 bits per heavy atom. The van der Waals surface area contributed by atoms with E-state index in [9.17, 15) is 4.79 Å². The zero-order valence-electron chi connectivity index (χ0n) is 14.9. The van der Waals surface area contributed by atoms with Crippen LogP contribution in [0.5, 0.6) is 0 Å².